The molecule has 0 amide bonds. The van der Waals surface area contributed by atoms with Crippen LogP contribution in [0.1, 0.15) is 22.6 Å². The summed E-state index contributed by atoms with van der Waals surface area (Å²) in [4.78, 5) is 21.2. The topological polar surface area (TPSA) is 94.2 Å². The van der Waals surface area contributed by atoms with Crippen LogP contribution in [-0.4, -0.2) is 21.8 Å². The first kappa shape index (κ1) is 22.7. The van der Waals surface area contributed by atoms with Gasteiger partial charge in [-0.15, -0.1) is 0 Å². The lowest BCUT2D eigenvalue weighted by Crippen LogP contribution is -2.15. The number of carboxylic acid groups (broad SMARTS) is 1. The van der Waals surface area contributed by atoms with Crippen LogP contribution in [0.3, 0.4) is 0 Å². The van der Waals surface area contributed by atoms with Gasteiger partial charge in [0, 0.05) is 11.1 Å². The molecule has 0 saturated carbocycles. The van der Waals surface area contributed by atoms with Crippen LogP contribution in [0.25, 0.3) is 11.5 Å². The van der Waals surface area contributed by atoms with E-state index in [1.165, 1.54) is 12.1 Å². The van der Waals surface area contributed by atoms with Gasteiger partial charge in [0.15, 0.2) is 5.71 Å². The summed E-state index contributed by atoms with van der Waals surface area (Å²) in [7, 11) is 0. The molecular weight excluding hydrogens is 439 g/mol. The second-order valence-corrected chi connectivity index (χ2v) is 7.35. The fraction of sp³-hybridized carbons (Fsp3) is 0.115. The summed E-state index contributed by atoms with van der Waals surface area (Å²) in [6.07, 6.45) is 0. The smallest absolute Gasteiger partial charge is 0.358 e. The third-order valence-corrected chi connectivity index (χ3v) is 4.92. The highest BCUT2D eigenvalue weighted by atomic mass is 19.1. The Morgan fingerprint density at radius 1 is 1.00 bits per heavy atom. The summed E-state index contributed by atoms with van der Waals surface area (Å²) < 4.78 is 24.6. The maximum atomic E-state index is 13.1. The number of rotatable bonds is 9. The highest BCUT2D eigenvalue weighted by molar-refractivity contribution is 6.42. The number of nitrogens with zero attached hydrogens (tertiary/aromatic N) is 2. The Kier molecular flexibility index (Phi) is 6.98. The standard InChI is InChI=1S/C26H21FN2O5/c1-17-23(28-25(34-17)20-5-3-2-4-6-20)16-32-22-13-7-18(8-14-22)15-33-29-24(26(30)31)19-9-11-21(27)12-10-19/h2-14H,15-16H2,1H3,(H,30,31)/b29-24-. The molecule has 0 unspecified atom stereocenters. The predicted octanol–water partition coefficient (Wildman–Crippen LogP) is 5.37. The van der Waals surface area contributed by atoms with Crippen molar-refractivity contribution in [1.82, 2.24) is 4.98 Å². The average molecular weight is 460 g/mol. The Labute approximate surface area is 195 Å². The van der Waals surface area contributed by atoms with E-state index in [2.05, 4.69) is 10.1 Å². The van der Waals surface area contributed by atoms with Crippen LogP contribution in [0.15, 0.2) is 88.4 Å². The maximum Gasteiger partial charge on any atom is 0.358 e. The fourth-order valence-corrected chi connectivity index (χ4v) is 3.09. The van der Waals surface area contributed by atoms with E-state index in [-0.39, 0.29) is 24.5 Å². The SMILES string of the molecule is Cc1oc(-c2ccccc2)nc1COc1ccc(CO/N=C(\C(=O)O)c2ccc(F)cc2)cc1. The van der Waals surface area contributed by atoms with Gasteiger partial charge in [0.1, 0.15) is 36.2 Å². The van der Waals surface area contributed by atoms with Gasteiger partial charge in [-0.05, 0) is 61.0 Å². The fourth-order valence-electron chi connectivity index (χ4n) is 3.09. The highest BCUT2D eigenvalue weighted by Crippen LogP contribution is 2.23. The predicted molar refractivity (Wildman–Crippen MR) is 123 cm³/mol. The van der Waals surface area contributed by atoms with Gasteiger partial charge in [0.2, 0.25) is 5.89 Å². The summed E-state index contributed by atoms with van der Waals surface area (Å²) in [5, 5.41) is 13.0. The monoisotopic (exact) mass is 460 g/mol. The molecule has 4 aromatic rings. The molecule has 8 heteroatoms. The second-order valence-electron chi connectivity index (χ2n) is 7.35. The van der Waals surface area contributed by atoms with Gasteiger partial charge in [-0.2, -0.15) is 0 Å². The van der Waals surface area contributed by atoms with Crippen molar-refractivity contribution in [2.75, 3.05) is 0 Å². The van der Waals surface area contributed by atoms with Gasteiger partial charge in [0.05, 0.1) is 0 Å². The lowest BCUT2D eigenvalue weighted by atomic mass is 10.1. The number of oxazole rings is 1. The number of aryl methyl sites for hydroxylation is 1. The molecule has 34 heavy (non-hydrogen) atoms. The van der Waals surface area contributed by atoms with Crippen molar-refractivity contribution < 1.29 is 28.3 Å². The number of aliphatic carboxylic acids is 1. The minimum Gasteiger partial charge on any atom is -0.487 e. The molecule has 0 radical (unpaired) electrons. The van der Waals surface area contributed by atoms with Crippen LogP contribution in [0.5, 0.6) is 5.75 Å². The lowest BCUT2D eigenvalue weighted by Gasteiger charge is -2.06. The first-order valence-electron chi connectivity index (χ1n) is 10.4. The van der Waals surface area contributed by atoms with E-state index in [4.69, 9.17) is 14.0 Å². The van der Waals surface area contributed by atoms with Crippen molar-refractivity contribution in [3.63, 3.8) is 0 Å². The second kappa shape index (κ2) is 10.4. The molecule has 0 bridgehead atoms. The minimum absolute atomic E-state index is 0.0566. The largest absolute Gasteiger partial charge is 0.487 e. The molecule has 7 nitrogen and oxygen atoms in total. The Morgan fingerprint density at radius 2 is 1.71 bits per heavy atom. The van der Waals surface area contributed by atoms with Crippen LogP contribution in [-0.2, 0) is 22.8 Å². The quantitative estimate of drug-likeness (QED) is 0.266. The molecule has 0 spiro atoms. The van der Waals surface area contributed by atoms with Crippen LogP contribution in [0.4, 0.5) is 4.39 Å². The Morgan fingerprint density at radius 3 is 2.38 bits per heavy atom. The highest BCUT2D eigenvalue weighted by Gasteiger charge is 2.14. The number of hydrogen-bond acceptors (Lipinski definition) is 6. The van der Waals surface area contributed by atoms with Crippen molar-refractivity contribution in [1.29, 1.82) is 0 Å². The molecule has 1 N–H and O–H groups in total. The number of oxime groups is 1. The summed E-state index contributed by atoms with van der Waals surface area (Å²) in [6.45, 7) is 2.15. The first-order valence-corrected chi connectivity index (χ1v) is 10.4. The number of hydrogen-bond donors (Lipinski definition) is 1. The van der Waals surface area contributed by atoms with Gasteiger partial charge in [-0.1, -0.05) is 35.5 Å². The van der Waals surface area contributed by atoms with Crippen LogP contribution in [0, 0.1) is 12.7 Å². The third kappa shape index (κ3) is 5.66. The van der Waals surface area contributed by atoms with Crippen molar-refractivity contribution in [2.45, 2.75) is 20.1 Å². The number of benzene rings is 3. The van der Waals surface area contributed by atoms with Gasteiger partial charge < -0.3 is 19.1 Å². The minimum atomic E-state index is -1.27. The molecule has 1 aromatic heterocycles. The van der Waals surface area contributed by atoms with E-state index in [0.717, 1.165) is 23.3 Å². The zero-order valence-electron chi connectivity index (χ0n) is 18.3. The van der Waals surface area contributed by atoms with Crippen molar-refractivity contribution in [3.8, 4) is 17.2 Å². The zero-order valence-corrected chi connectivity index (χ0v) is 18.3. The molecule has 0 atom stereocenters. The maximum absolute atomic E-state index is 13.1. The molecule has 0 saturated heterocycles. The van der Waals surface area contributed by atoms with Crippen LogP contribution in [0.2, 0.25) is 0 Å². The van der Waals surface area contributed by atoms with Crippen molar-refractivity contribution in [3.05, 3.63) is 107 Å². The van der Waals surface area contributed by atoms with E-state index < -0.39 is 11.8 Å². The zero-order chi connectivity index (χ0) is 23.9. The van der Waals surface area contributed by atoms with Crippen molar-refractivity contribution >= 4 is 11.7 Å². The van der Waals surface area contributed by atoms with Crippen LogP contribution >= 0.6 is 0 Å². The average Bonchev–Trinajstić information content (AvgIpc) is 3.23. The van der Waals surface area contributed by atoms with E-state index >= 15 is 0 Å². The third-order valence-electron chi connectivity index (χ3n) is 4.92. The molecule has 1 heterocycles. The number of halogens is 1. The Hall–Kier alpha value is -4.46. The molecule has 0 aliphatic heterocycles. The number of carboxylic acids is 1. The van der Waals surface area contributed by atoms with Gasteiger partial charge in [-0.3, -0.25) is 0 Å². The van der Waals surface area contributed by atoms with Gasteiger partial charge in [0.25, 0.3) is 0 Å². The van der Waals surface area contributed by atoms with Crippen LogP contribution < -0.4 is 4.74 Å². The van der Waals surface area contributed by atoms with E-state index in [9.17, 15) is 14.3 Å². The van der Waals surface area contributed by atoms with E-state index in [1.807, 2.05) is 37.3 Å². The van der Waals surface area contributed by atoms with Crippen molar-refractivity contribution in [2.24, 2.45) is 5.16 Å². The summed E-state index contributed by atoms with van der Waals surface area (Å²) in [6, 6.07) is 21.7. The molecule has 3 aromatic carbocycles. The normalized spacial score (nSPS) is 11.3. The molecule has 172 valence electrons. The number of ether oxygens (including phenoxy) is 1. The lowest BCUT2D eigenvalue weighted by molar-refractivity contribution is -0.129. The number of carbonyl (C=O) groups is 1. The molecule has 0 aliphatic carbocycles. The Balaban J connectivity index is 1.34. The number of aromatic nitrogens is 1. The summed E-state index contributed by atoms with van der Waals surface area (Å²) in [5.74, 6) is 0.137. The summed E-state index contributed by atoms with van der Waals surface area (Å²) in [5.41, 5.74) is 2.31. The molecule has 0 aliphatic rings. The van der Waals surface area contributed by atoms with Gasteiger partial charge in [-0.25, -0.2) is 14.2 Å². The molecule has 4 rings (SSSR count). The van der Waals surface area contributed by atoms with E-state index in [1.54, 1.807) is 24.3 Å². The first-order chi connectivity index (χ1) is 16.5. The van der Waals surface area contributed by atoms with Gasteiger partial charge >= 0.3 is 5.97 Å². The summed E-state index contributed by atoms with van der Waals surface area (Å²) >= 11 is 0. The van der Waals surface area contributed by atoms with E-state index in [0.29, 0.717) is 23.1 Å². The molecular formula is C26H21FN2O5. The molecule has 0 fully saturated rings. The Bertz CT molecular complexity index is 1280.